The number of halogens is 1. The monoisotopic (exact) mass is 462 g/mol. The molecule has 0 saturated carbocycles. The molecule has 0 fully saturated rings. The van der Waals surface area contributed by atoms with Crippen LogP contribution in [0.3, 0.4) is 0 Å². The quantitative estimate of drug-likeness (QED) is 0.470. The molecule has 33 heavy (non-hydrogen) atoms. The van der Waals surface area contributed by atoms with Crippen molar-refractivity contribution in [1.29, 1.82) is 0 Å². The zero-order valence-corrected chi connectivity index (χ0v) is 20.2. The summed E-state index contributed by atoms with van der Waals surface area (Å²) in [5.41, 5.74) is 5.04. The molecular weight excluding hydrogens is 432 g/mol. The molecule has 4 nitrogen and oxygen atoms in total. The van der Waals surface area contributed by atoms with Crippen LogP contribution in [0.2, 0.25) is 5.02 Å². The fourth-order valence-electron chi connectivity index (χ4n) is 3.93. The van der Waals surface area contributed by atoms with Gasteiger partial charge in [0.2, 0.25) is 11.8 Å². The second kappa shape index (κ2) is 11.7. The number of hydrogen-bond acceptors (Lipinski definition) is 2. The van der Waals surface area contributed by atoms with Gasteiger partial charge in [0.05, 0.1) is 6.42 Å². The number of carbonyl (C=O) groups is 2. The lowest BCUT2D eigenvalue weighted by Gasteiger charge is -2.32. The van der Waals surface area contributed by atoms with E-state index in [0.717, 1.165) is 27.8 Å². The van der Waals surface area contributed by atoms with Gasteiger partial charge in [0.15, 0.2) is 0 Å². The van der Waals surface area contributed by atoms with Crippen molar-refractivity contribution in [1.82, 2.24) is 10.2 Å². The molecule has 2 amide bonds. The third-order valence-corrected chi connectivity index (χ3v) is 5.95. The van der Waals surface area contributed by atoms with Crippen LogP contribution in [0.5, 0.6) is 0 Å². The molecule has 0 aliphatic carbocycles. The summed E-state index contributed by atoms with van der Waals surface area (Å²) in [5.74, 6) is -0.242. The number of rotatable bonds is 9. The molecule has 0 aliphatic rings. The Bertz CT molecular complexity index is 1100. The average molecular weight is 463 g/mol. The van der Waals surface area contributed by atoms with E-state index in [1.165, 1.54) is 0 Å². The molecule has 0 aromatic heterocycles. The normalized spacial score (nSPS) is 11.6. The second-order valence-corrected chi connectivity index (χ2v) is 8.79. The summed E-state index contributed by atoms with van der Waals surface area (Å²) in [6.07, 6.45) is 0.671. The molecule has 0 saturated heterocycles. The van der Waals surface area contributed by atoms with Crippen LogP contribution in [-0.4, -0.2) is 29.3 Å². The number of carbonyl (C=O) groups excluding carboxylic acids is 2. The van der Waals surface area contributed by atoms with Gasteiger partial charge in [-0.2, -0.15) is 0 Å². The molecule has 172 valence electrons. The molecule has 3 aromatic rings. The van der Waals surface area contributed by atoms with Crippen LogP contribution in [0.25, 0.3) is 0 Å². The maximum absolute atomic E-state index is 13.7. The Hall–Kier alpha value is -3.11. The Balaban J connectivity index is 1.98. The van der Waals surface area contributed by atoms with Crippen LogP contribution in [-0.2, 0) is 29.0 Å². The fraction of sp³-hybridized carbons (Fsp3) is 0.286. The molecule has 0 heterocycles. The van der Waals surface area contributed by atoms with Crippen molar-refractivity contribution in [3.8, 4) is 0 Å². The number of aryl methyl sites for hydroxylation is 2. The van der Waals surface area contributed by atoms with Crippen molar-refractivity contribution in [3.05, 3.63) is 106 Å². The third-order valence-electron chi connectivity index (χ3n) is 5.71. The summed E-state index contributed by atoms with van der Waals surface area (Å²) in [5, 5.41) is 3.53. The maximum atomic E-state index is 13.7. The lowest BCUT2D eigenvalue weighted by atomic mass is 9.99. The van der Waals surface area contributed by atoms with Gasteiger partial charge in [0, 0.05) is 24.5 Å². The molecule has 0 radical (unpaired) electrons. The van der Waals surface area contributed by atoms with Crippen molar-refractivity contribution in [2.24, 2.45) is 0 Å². The van der Waals surface area contributed by atoms with Crippen LogP contribution >= 0.6 is 11.6 Å². The second-order valence-electron chi connectivity index (χ2n) is 8.36. The number of nitrogens with zero attached hydrogens (tertiary/aromatic N) is 1. The lowest BCUT2D eigenvalue weighted by molar-refractivity contribution is -0.140. The van der Waals surface area contributed by atoms with Crippen molar-refractivity contribution < 1.29 is 9.59 Å². The minimum Gasteiger partial charge on any atom is -0.355 e. The Labute approximate surface area is 201 Å². The first-order valence-electron chi connectivity index (χ1n) is 11.3. The Morgan fingerprint density at radius 1 is 0.939 bits per heavy atom. The zero-order chi connectivity index (χ0) is 23.8. The van der Waals surface area contributed by atoms with Gasteiger partial charge >= 0.3 is 0 Å². The van der Waals surface area contributed by atoms with E-state index in [4.69, 9.17) is 11.6 Å². The zero-order valence-electron chi connectivity index (χ0n) is 19.5. The van der Waals surface area contributed by atoms with Crippen LogP contribution in [0, 0.1) is 13.8 Å². The summed E-state index contributed by atoms with van der Waals surface area (Å²) in [7, 11) is 0. The molecule has 0 unspecified atom stereocenters. The van der Waals surface area contributed by atoms with Crippen LogP contribution in [0.1, 0.15) is 34.7 Å². The highest BCUT2D eigenvalue weighted by atomic mass is 35.5. The van der Waals surface area contributed by atoms with E-state index >= 15 is 0 Å². The highest BCUT2D eigenvalue weighted by Crippen LogP contribution is 2.20. The maximum Gasteiger partial charge on any atom is 0.243 e. The topological polar surface area (TPSA) is 49.4 Å². The molecule has 0 aliphatic heterocycles. The Morgan fingerprint density at radius 2 is 1.67 bits per heavy atom. The molecule has 3 aromatic carbocycles. The smallest absolute Gasteiger partial charge is 0.243 e. The van der Waals surface area contributed by atoms with Gasteiger partial charge in [0.1, 0.15) is 6.04 Å². The highest BCUT2D eigenvalue weighted by Gasteiger charge is 2.30. The van der Waals surface area contributed by atoms with E-state index in [-0.39, 0.29) is 18.2 Å². The predicted molar refractivity (Wildman–Crippen MR) is 134 cm³/mol. The standard InChI is InChI=1S/C28H31ClN2O2/c1-4-30-28(33)26(17-22-9-6-5-7-10-22)31(19-23-11-8-12-25(29)16-23)27(32)18-24-15-20(2)13-14-21(24)3/h5-16,26H,4,17-19H2,1-3H3,(H,30,33)/t26-/m0/s1. The van der Waals surface area contributed by atoms with Gasteiger partial charge < -0.3 is 10.2 Å². The Kier molecular flexibility index (Phi) is 8.67. The molecule has 3 rings (SSSR count). The van der Waals surface area contributed by atoms with E-state index in [0.29, 0.717) is 24.5 Å². The van der Waals surface area contributed by atoms with Gasteiger partial charge in [-0.25, -0.2) is 0 Å². The van der Waals surface area contributed by atoms with Gasteiger partial charge in [-0.05, 0) is 55.2 Å². The highest BCUT2D eigenvalue weighted by molar-refractivity contribution is 6.30. The van der Waals surface area contributed by atoms with E-state index < -0.39 is 6.04 Å². The van der Waals surface area contributed by atoms with E-state index in [1.807, 2.05) is 87.5 Å². The number of nitrogens with one attached hydrogen (secondary N) is 1. The van der Waals surface area contributed by atoms with Crippen LogP contribution < -0.4 is 5.32 Å². The molecule has 5 heteroatoms. The number of likely N-dealkylation sites (N-methyl/N-ethyl adjacent to an activating group) is 1. The molecule has 0 bridgehead atoms. The molecule has 1 atom stereocenters. The summed E-state index contributed by atoms with van der Waals surface area (Å²) >= 11 is 6.21. The first-order valence-corrected chi connectivity index (χ1v) is 11.7. The summed E-state index contributed by atoms with van der Waals surface area (Å²) in [4.78, 5) is 28.6. The first-order chi connectivity index (χ1) is 15.9. The molecular formula is C28H31ClN2O2. The SMILES string of the molecule is CCNC(=O)[C@H](Cc1ccccc1)N(Cc1cccc(Cl)c1)C(=O)Cc1cc(C)ccc1C. The number of amides is 2. The van der Waals surface area contributed by atoms with E-state index in [2.05, 4.69) is 5.32 Å². The van der Waals surface area contributed by atoms with Gasteiger partial charge in [-0.1, -0.05) is 77.8 Å². The van der Waals surface area contributed by atoms with Gasteiger partial charge in [0.25, 0.3) is 0 Å². The number of hydrogen-bond donors (Lipinski definition) is 1. The van der Waals surface area contributed by atoms with Gasteiger partial charge in [-0.15, -0.1) is 0 Å². The van der Waals surface area contributed by atoms with Gasteiger partial charge in [-0.3, -0.25) is 9.59 Å². The minimum absolute atomic E-state index is 0.0872. The predicted octanol–water partition coefficient (Wildman–Crippen LogP) is 5.28. The summed E-state index contributed by atoms with van der Waals surface area (Å²) in [6, 6.07) is 22.7. The van der Waals surface area contributed by atoms with Crippen LogP contribution in [0.15, 0.2) is 72.8 Å². The average Bonchev–Trinajstić information content (AvgIpc) is 2.79. The molecule has 1 N–H and O–H groups in total. The lowest BCUT2D eigenvalue weighted by Crippen LogP contribution is -2.51. The summed E-state index contributed by atoms with van der Waals surface area (Å²) < 4.78 is 0. The Morgan fingerprint density at radius 3 is 2.36 bits per heavy atom. The van der Waals surface area contributed by atoms with E-state index in [1.54, 1.807) is 11.0 Å². The van der Waals surface area contributed by atoms with Crippen molar-refractivity contribution in [2.45, 2.75) is 46.2 Å². The van der Waals surface area contributed by atoms with Crippen molar-refractivity contribution >= 4 is 23.4 Å². The minimum atomic E-state index is -0.635. The summed E-state index contributed by atoms with van der Waals surface area (Å²) in [6.45, 7) is 6.72. The third kappa shape index (κ3) is 6.93. The number of benzene rings is 3. The molecule has 0 spiro atoms. The largest absolute Gasteiger partial charge is 0.355 e. The fourth-order valence-corrected chi connectivity index (χ4v) is 4.15. The van der Waals surface area contributed by atoms with Crippen molar-refractivity contribution in [3.63, 3.8) is 0 Å². The van der Waals surface area contributed by atoms with Crippen LogP contribution in [0.4, 0.5) is 0 Å². The van der Waals surface area contributed by atoms with E-state index in [9.17, 15) is 9.59 Å². The van der Waals surface area contributed by atoms with Crippen molar-refractivity contribution in [2.75, 3.05) is 6.54 Å². The first kappa shape index (κ1) is 24.5.